The Morgan fingerprint density at radius 3 is 2.72 bits per heavy atom. The second-order valence-corrected chi connectivity index (χ2v) is 7.22. The lowest BCUT2D eigenvalue weighted by Gasteiger charge is -2.26. The van der Waals surface area contributed by atoms with E-state index in [0.717, 1.165) is 22.0 Å². The van der Waals surface area contributed by atoms with E-state index >= 15 is 0 Å². The van der Waals surface area contributed by atoms with Gasteiger partial charge in [-0.3, -0.25) is 0 Å². The van der Waals surface area contributed by atoms with E-state index in [9.17, 15) is 4.79 Å². The van der Waals surface area contributed by atoms with Crippen LogP contribution in [0.5, 0.6) is 5.75 Å². The zero-order valence-electron chi connectivity index (χ0n) is 15.4. The fourth-order valence-electron chi connectivity index (χ4n) is 2.56. The van der Waals surface area contributed by atoms with Gasteiger partial charge in [-0.05, 0) is 38.7 Å². The molecule has 0 aliphatic carbocycles. The van der Waals surface area contributed by atoms with Crippen molar-refractivity contribution in [2.24, 2.45) is 0 Å². The summed E-state index contributed by atoms with van der Waals surface area (Å²) in [6.07, 6.45) is 0. The number of urea groups is 1. The number of aromatic nitrogens is 1. The molecule has 2 amide bonds. The van der Waals surface area contributed by atoms with Crippen LogP contribution in [0.1, 0.15) is 22.3 Å². The molecule has 1 aromatic heterocycles. The van der Waals surface area contributed by atoms with Gasteiger partial charge in [-0.1, -0.05) is 12.1 Å². The highest BCUT2D eigenvalue weighted by Gasteiger charge is 2.17. The minimum Gasteiger partial charge on any atom is -0.497 e. The van der Waals surface area contributed by atoms with E-state index < -0.39 is 0 Å². The number of carbonyl (C=O) groups is 1. The lowest BCUT2D eigenvalue weighted by molar-refractivity contribution is 0.200. The first-order valence-corrected chi connectivity index (χ1v) is 8.99. The van der Waals surface area contributed by atoms with E-state index in [2.05, 4.69) is 15.2 Å². The Morgan fingerprint density at radius 2 is 2.12 bits per heavy atom. The summed E-state index contributed by atoms with van der Waals surface area (Å²) >= 11 is 1.59. The average Bonchev–Trinajstić information content (AvgIpc) is 2.99. The molecular formula is C18H26N4O2S. The van der Waals surface area contributed by atoms with Gasteiger partial charge in [0.05, 0.1) is 30.4 Å². The Labute approximate surface area is 153 Å². The largest absolute Gasteiger partial charge is 0.497 e. The van der Waals surface area contributed by atoms with Crippen LogP contribution in [-0.2, 0) is 6.54 Å². The molecule has 0 saturated carbocycles. The maximum atomic E-state index is 12.4. The van der Waals surface area contributed by atoms with Crippen LogP contribution in [0.25, 0.3) is 0 Å². The molecule has 1 heterocycles. The molecule has 0 fully saturated rings. The van der Waals surface area contributed by atoms with Crippen molar-refractivity contribution in [2.45, 2.75) is 19.5 Å². The summed E-state index contributed by atoms with van der Waals surface area (Å²) in [5, 5.41) is 6.00. The smallest absolute Gasteiger partial charge is 0.317 e. The van der Waals surface area contributed by atoms with Gasteiger partial charge in [-0.25, -0.2) is 9.78 Å². The number of thiazole rings is 1. The third-order valence-electron chi connectivity index (χ3n) is 3.96. The van der Waals surface area contributed by atoms with Gasteiger partial charge in [-0.2, -0.15) is 0 Å². The van der Waals surface area contributed by atoms with Crippen LogP contribution in [-0.4, -0.2) is 55.6 Å². The second-order valence-electron chi connectivity index (χ2n) is 6.16. The number of benzene rings is 1. The molecule has 1 atom stereocenters. The van der Waals surface area contributed by atoms with Crippen molar-refractivity contribution in [3.63, 3.8) is 0 Å². The highest BCUT2D eigenvalue weighted by Crippen LogP contribution is 2.22. The molecule has 25 heavy (non-hydrogen) atoms. The van der Waals surface area contributed by atoms with Gasteiger partial charge >= 0.3 is 6.03 Å². The molecule has 2 aromatic rings. The van der Waals surface area contributed by atoms with Gasteiger partial charge in [0, 0.05) is 19.0 Å². The molecule has 6 nitrogen and oxygen atoms in total. The SMILES string of the molecule is COc1cccc(C(CNC(=O)N(C)Cc2csc(C)n2)N(C)C)c1. The summed E-state index contributed by atoms with van der Waals surface area (Å²) in [4.78, 5) is 20.5. The van der Waals surface area contributed by atoms with Crippen molar-refractivity contribution >= 4 is 17.4 Å². The number of nitrogens with one attached hydrogen (secondary N) is 1. The summed E-state index contributed by atoms with van der Waals surface area (Å²) < 4.78 is 5.30. The quantitative estimate of drug-likeness (QED) is 0.823. The minimum atomic E-state index is -0.111. The molecule has 1 aromatic carbocycles. The zero-order chi connectivity index (χ0) is 18.4. The van der Waals surface area contributed by atoms with Crippen molar-refractivity contribution in [1.82, 2.24) is 20.1 Å². The molecule has 0 spiro atoms. The van der Waals surface area contributed by atoms with E-state index in [4.69, 9.17) is 4.74 Å². The molecule has 1 N–H and O–H groups in total. The predicted octanol–water partition coefficient (Wildman–Crippen LogP) is 2.90. The lowest BCUT2D eigenvalue weighted by Crippen LogP contribution is -2.41. The molecule has 0 aliphatic heterocycles. The van der Waals surface area contributed by atoms with Gasteiger partial charge < -0.3 is 19.9 Å². The molecule has 1 unspecified atom stereocenters. The maximum absolute atomic E-state index is 12.4. The van der Waals surface area contributed by atoms with Crippen molar-refractivity contribution < 1.29 is 9.53 Å². The number of methoxy groups -OCH3 is 1. The lowest BCUT2D eigenvalue weighted by atomic mass is 10.1. The topological polar surface area (TPSA) is 57.7 Å². The number of carbonyl (C=O) groups excluding carboxylic acids is 1. The first-order chi connectivity index (χ1) is 11.9. The highest BCUT2D eigenvalue weighted by molar-refractivity contribution is 7.09. The van der Waals surface area contributed by atoms with Gasteiger partial charge in [0.2, 0.25) is 0 Å². The number of aryl methyl sites for hydroxylation is 1. The summed E-state index contributed by atoms with van der Waals surface area (Å²) in [5.41, 5.74) is 2.01. The molecule has 7 heteroatoms. The third kappa shape index (κ3) is 5.44. The molecule has 2 rings (SSSR count). The van der Waals surface area contributed by atoms with Crippen LogP contribution in [0.2, 0.25) is 0 Å². The number of hydrogen-bond acceptors (Lipinski definition) is 5. The molecule has 0 radical (unpaired) electrons. The predicted molar refractivity (Wildman–Crippen MR) is 101 cm³/mol. The van der Waals surface area contributed by atoms with Crippen molar-refractivity contribution in [2.75, 3.05) is 34.8 Å². The monoisotopic (exact) mass is 362 g/mol. The van der Waals surface area contributed by atoms with Crippen LogP contribution in [0.15, 0.2) is 29.6 Å². The number of nitrogens with zero attached hydrogens (tertiary/aromatic N) is 3. The third-order valence-corrected chi connectivity index (χ3v) is 4.78. The van der Waals surface area contributed by atoms with Crippen LogP contribution >= 0.6 is 11.3 Å². The number of likely N-dealkylation sites (N-methyl/N-ethyl adjacent to an activating group) is 1. The van der Waals surface area contributed by atoms with E-state index in [-0.39, 0.29) is 12.1 Å². The first-order valence-electron chi connectivity index (χ1n) is 8.11. The average molecular weight is 362 g/mol. The summed E-state index contributed by atoms with van der Waals surface area (Å²) in [7, 11) is 7.43. The van der Waals surface area contributed by atoms with Crippen LogP contribution in [0.3, 0.4) is 0 Å². The Bertz CT molecular complexity index is 702. The van der Waals surface area contributed by atoms with Crippen molar-refractivity contribution in [1.29, 1.82) is 0 Å². The van der Waals surface area contributed by atoms with Gasteiger partial charge in [0.25, 0.3) is 0 Å². The Morgan fingerprint density at radius 1 is 1.36 bits per heavy atom. The van der Waals surface area contributed by atoms with Gasteiger partial charge in [-0.15, -0.1) is 11.3 Å². The van der Waals surface area contributed by atoms with E-state index in [1.807, 2.05) is 50.7 Å². The normalized spacial score (nSPS) is 12.1. The number of ether oxygens (including phenoxy) is 1. The minimum absolute atomic E-state index is 0.0639. The van der Waals surface area contributed by atoms with E-state index in [1.165, 1.54) is 0 Å². The summed E-state index contributed by atoms with van der Waals surface area (Å²) in [5.74, 6) is 0.812. The van der Waals surface area contributed by atoms with Crippen molar-refractivity contribution in [3.05, 3.63) is 45.9 Å². The molecule has 0 aliphatic rings. The second kappa shape index (κ2) is 8.82. The van der Waals surface area contributed by atoms with E-state index in [1.54, 1.807) is 30.4 Å². The molecule has 0 saturated heterocycles. The van der Waals surface area contributed by atoms with Crippen molar-refractivity contribution in [3.8, 4) is 5.75 Å². The van der Waals surface area contributed by atoms with Gasteiger partial charge in [0.1, 0.15) is 5.75 Å². The van der Waals surface area contributed by atoms with Gasteiger partial charge in [0.15, 0.2) is 0 Å². The van der Waals surface area contributed by atoms with E-state index in [0.29, 0.717) is 13.1 Å². The Balaban J connectivity index is 1.96. The van der Waals surface area contributed by atoms with Crippen LogP contribution in [0, 0.1) is 6.92 Å². The fourth-order valence-corrected chi connectivity index (χ4v) is 3.17. The summed E-state index contributed by atoms with van der Waals surface area (Å²) in [6, 6.07) is 7.87. The Hall–Kier alpha value is -2.12. The highest BCUT2D eigenvalue weighted by atomic mass is 32.1. The number of rotatable bonds is 7. The summed E-state index contributed by atoms with van der Waals surface area (Å²) in [6.45, 7) is 2.98. The number of hydrogen-bond donors (Lipinski definition) is 1. The molecular weight excluding hydrogens is 336 g/mol. The standard InChI is InChI=1S/C18H26N4O2S/c1-13-20-15(12-25-13)11-22(4)18(23)19-10-17(21(2)3)14-7-6-8-16(9-14)24-5/h6-9,12,17H,10-11H2,1-5H3,(H,19,23). The maximum Gasteiger partial charge on any atom is 0.317 e. The van der Waals surface area contributed by atoms with Crippen LogP contribution in [0.4, 0.5) is 4.79 Å². The molecule has 0 bridgehead atoms. The fraction of sp³-hybridized carbons (Fsp3) is 0.444. The van der Waals surface area contributed by atoms with Crippen LogP contribution < -0.4 is 10.1 Å². The Kier molecular flexibility index (Phi) is 6.78. The molecule has 136 valence electrons. The number of amides is 2. The first kappa shape index (κ1) is 19.2. The zero-order valence-corrected chi connectivity index (χ0v) is 16.3.